The van der Waals surface area contributed by atoms with Crippen molar-refractivity contribution < 1.29 is 57.6 Å². The number of carboxylic acid groups (broad SMARTS) is 3. The van der Waals surface area contributed by atoms with Crippen LogP contribution in [0.5, 0.6) is 0 Å². The van der Waals surface area contributed by atoms with Crippen molar-refractivity contribution in [3.8, 4) is 11.1 Å². The van der Waals surface area contributed by atoms with E-state index in [-0.39, 0.29) is 12.2 Å². The Bertz CT molecular complexity index is 1470. The monoisotopic (exact) mass is 719 g/mol. The number of hydrogen-bond donors (Lipinski definition) is 5. The van der Waals surface area contributed by atoms with Crippen LogP contribution in [-0.4, -0.2) is 61.7 Å². The molecule has 0 saturated carbocycles. The molecule has 10 nitrogen and oxygen atoms in total. The van der Waals surface area contributed by atoms with Crippen LogP contribution in [0.3, 0.4) is 0 Å². The minimum Gasteiger partial charge on any atom is -0.481 e. The van der Waals surface area contributed by atoms with Gasteiger partial charge in [-0.1, -0.05) is 94.0 Å². The number of aliphatic carboxylic acids is 3. The maximum Gasteiger partial charge on any atom is 0.416 e. The molecule has 2 rings (SSSR count). The van der Waals surface area contributed by atoms with Crippen LogP contribution >= 0.6 is 0 Å². The molecule has 0 unspecified atom stereocenters. The lowest BCUT2D eigenvalue weighted by Crippen LogP contribution is -2.55. The van der Waals surface area contributed by atoms with E-state index in [0.29, 0.717) is 42.4 Å². The molecule has 3 atom stereocenters. The number of alkyl halides is 3. The van der Waals surface area contributed by atoms with E-state index in [9.17, 15) is 57.6 Å². The quantitative estimate of drug-likeness (QED) is 0.0554. The number of hydrogen-bond acceptors (Lipinski definition) is 6. The van der Waals surface area contributed by atoms with Gasteiger partial charge in [0.1, 0.15) is 11.8 Å². The molecular weight excluding hydrogens is 671 g/mol. The first-order valence-corrected chi connectivity index (χ1v) is 17.2. The lowest BCUT2D eigenvalue weighted by Gasteiger charge is -2.29. The molecule has 2 aromatic rings. The summed E-state index contributed by atoms with van der Waals surface area (Å²) >= 11 is 0. The Morgan fingerprint density at radius 2 is 1.29 bits per heavy atom. The first-order chi connectivity index (χ1) is 24.1. The van der Waals surface area contributed by atoms with Crippen LogP contribution < -0.4 is 5.32 Å². The van der Waals surface area contributed by atoms with E-state index in [1.165, 1.54) is 36.8 Å². The number of rotatable bonds is 24. The molecule has 0 aromatic heterocycles. The number of Topliss-reactive ketones (excluding diaryl/α,β-unsaturated/α-hetero) is 1. The Hall–Kier alpha value is -4.52. The van der Waals surface area contributed by atoms with E-state index in [2.05, 4.69) is 12.2 Å². The number of amides is 1. The standard InChI is InChI=1S/C38H48F3NO9/c1-2-3-4-7-10-13-30(43)14-11-8-5-6-9-12-15-31(37(51,36(49)50)25-33(44)45)34(46)42-32(35(47)48)24-26-16-18-27(19-17-26)28-20-22-29(23-21-28)38(39,40)41/h12,15-23,31-32,51H,2-11,13-14,24-25H2,1H3,(H,42,46)(H,44,45)(H,47,48)(H,49,50)/b15-12+/t31-,32-,37-/m0/s1. The van der Waals surface area contributed by atoms with Crippen molar-refractivity contribution in [1.29, 1.82) is 0 Å². The van der Waals surface area contributed by atoms with E-state index >= 15 is 0 Å². The number of allylic oxidation sites excluding steroid dienone is 1. The highest BCUT2D eigenvalue weighted by Gasteiger charge is 2.49. The van der Waals surface area contributed by atoms with Crippen LogP contribution in [0.4, 0.5) is 13.2 Å². The summed E-state index contributed by atoms with van der Waals surface area (Å²) in [5.41, 5.74) is -2.45. The Morgan fingerprint density at radius 1 is 0.765 bits per heavy atom. The average Bonchev–Trinajstić information content (AvgIpc) is 3.06. The highest BCUT2D eigenvalue weighted by Crippen LogP contribution is 2.31. The van der Waals surface area contributed by atoms with Gasteiger partial charge in [0.25, 0.3) is 0 Å². The fourth-order valence-electron chi connectivity index (χ4n) is 5.62. The van der Waals surface area contributed by atoms with Crippen molar-refractivity contribution in [3.63, 3.8) is 0 Å². The number of aliphatic hydroxyl groups is 1. The van der Waals surface area contributed by atoms with E-state index in [1.54, 1.807) is 12.1 Å². The molecular formula is C38H48F3NO9. The van der Waals surface area contributed by atoms with Crippen LogP contribution in [0.25, 0.3) is 11.1 Å². The molecule has 0 aliphatic carbocycles. The van der Waals surface area contributed by atoms with Crippen LogP contribution in [0, 0.1) is 5.92 Å². The number of carbonyl (C=O) groups excluding carboxylic acids is 2. The smallest absolute Gasteiger partial charge is 0.416 e. The van der Waals surface area contributed by atoms with Crippen molar-refractivity contribution in [2.45, 2.75) is 115 Å². The molecule has 0 saturated heterocycles. The first-order valence-electron chi connectivity index (χ1n) is 17.2. The zero-order valence-corrected chi connectivity index (χ0v) is 28.8. The van der Waals surface area contributed by atoms with Crippen molar-refractivity contribution in [2.75, 3.05) is 0 Å². The van der Waals surface area contributed by atoms with Gasteiger partial charge in [0, 0.05) is 19.3 Å². The third-order valence-electron chi connectivity index (χ3n) is 8.61. The molecule has 5 N–H and O–H groups in total. The van der Waals surface area contributed by atoms with Crippen molar-refractivity contribution in [2.24, 2.45) is 5.92 Å². The topological polar surface area (TPSA) is 178 Å². The molecule has 0 bridgehead atoms. The molecule has 0 aliphatic rings. The normalized spacial score (nSPS) is 14.1. The van der Waals surface area contributed by atoms with Gasteiger partial charge in [-0.15, -0.1) is 0 Å². The van der Waals surface area contributed by atoms with E-state index in [0.717, 1.165) is 63.2 Å². The van der Waals surface area contributed by atoms with Gasteiger partial charge in [-0.3, -0.25) is 14.4 Å². The zero-order valence-electron chi connectivity index (χ0n) is 28.8. The molecule has 0 radical (unpaired) electrons. The van der Waals surface area contributed by atoms with Crippen molar-refractivity contribution in [3.05, 3.63) is 71.8 Å². The van der Waals surface area contributed by atoms with Gasteiger partial charge < -0.3 is 25.7 Å². The number of halogens is 3. The molecule has 51 heavy (non-hydrogen) atoms. The lowest BCUT2D eigenvalue weighted by atomic mass is 9.82. The number of ketones is 1. The van der Waals surface area contributed by atoms with Gasteiger partial charge >= 0.3 is 24.1 Å². The first kappa shape index (κ1) is 42.6. The third-order valence-corrected chi connectivity index (χ3v) is 8.61. The molecule has 1 amide bonds. The van der Waals surface area contributed by atoms with Gasteiger partial charge in [-0.25, -0.2) is 9.59 Å². The average molecular weight is 720 g/mol. The minimum absolute atomic E-state index is 0.237. The van der Waals surface area contributed by atoms with E-state index < -0.39 is 59.5 Å². The maximum atomic E-state index is 13.4. The van der Waals surface area contributed by atoms with Gasteiger partial charge in [-0.05, 0) is 54.5 Å². The highest BCUT2D eigenvalue weighted by molar-refractivity contribution is 5.94. The van der Waals surface area contributed by atoms with E-state index in [1.807, 2.05) is 0 Å². The number of carboxylic acids is 3. The zero-order chi connectivity index (χ0) is 38.0. The van der Waals surface area contributed by atoms with Crippen LogP contribution in [0.15, 0.2) is 60.7 Å². The van der Waals surface area contributed by atoms with Gasteiger partial charge in [-0.2, -0.15) is 13.2 Å². The second kappa shape index (κ2) is 21.0. The summed E-state index contributed by atoms with van der Waals surface area (Å²) in [5.74, 6) is -8.07. The number of unbranched alkanes of at least 4 members (excludes halogenated alkanes) is 8. The molecule has 0 spiro atoms. The molecule has 0 aliphatic heterocycles. The van der Waals surface area contributed by atoms with Crippen molar-refractivity contribution >= 4 is 29.6 Å². The third kappa shape index (κ3) is 14.7. The number of benzene rings is 2. The molecule has 0 heterocycles. The lowest BCUT2D eigenvalue weighted by molar-refractivity contribution is -0.172. The fourth-order valence-corrected chi connectivity index (χ4v) is 5.62. The Balaban J connectivity index is 2.05. The molecule has 2 aromatic carbocycles. The van der Waals surface area contributed by atoms with Crippen LogP contribution in [0.2, 0.25) is 0 Å². The predicted molar refractivity (Wildman–Crippen MR) is 184 cm³/mol. The van der Waals surface area contributed by atoms with Gasteiger partial charge in [0.05, 0.1) is 17.9 Å². The summed E-state index contributed by atoms with van der Waals surface area (Å²) in [5, 5.41) is 42.1. The SMILES string of the molecule is CCCCCCCC(=O)CCCCCC/C=C/[C@@H](C(=O)N[C@@H](Cc1ccc(-c2ccc(C(F)(F)F)cc2)cc1)C(=O)O)[C@@](O)(CC(=O)O)C(=O)O. The fraction of sp³-hybridized carbons (Fsp3) is 0.500. The van der Waals surface area contributed by atoms with E-state index in [4.69, 9.17) is 0 Å². The van der Waals surface area contributed by atoms with Crippen LogP contribution in [0.1, 0.15) is 102 Å². The summed E-state index contributed by atoms with van der Waals surface area (Å²) in [6, 6.07) is 9.04. The summed E-state index contributed by atoms with van der Waals surface area (Å²) < 4.78 is 38.7. The summed E-state index contributed by atoms with van der Waals surface area (Å²) in [6.45, 7) is 2.13. The van der Waals surface area contributed by atoms with Gasteiger partial charge in [0.2, 0.25) is 5.91 Å². The predicted octanol–water partition coefficient (Wildman–Crippen LogP) is 7.22. The highest BCUT2D eigenvalue weighted by atomic mass is 19.4. The van der Waals surface area contributed by atoms with Crippen LogP contribution in [-0.2, 0) is 36.6 Å². The maximum absolute atomic E-state index is 13.4. The minimum atomic E-state index is -4.49. The molecule has 0 fully saturated rings. The Labute approximate surface area is 295 Å². The second-order valence-electron chi connectivity index (χ2n) is 12.7. The Morgan fingerprint density at radius 3 is 1.78 bits per heavy atom. The van der Waals surface area contributed by atoms with Crippen molar-refractivity contribution in [1.82, 2.24) is 5.32 Å². The largest absolute Gasteiger partial charge is 0.481 e. The number of nitrogens with one attached hydrogen (secondary N) is 1. The summed E-state index contributed by atoms with van der Waals surface area (Å²) in [6.07, 6.45) is 6.11. The van der Waals surface area contributed by atoms with Gasteiger partial charge in [0.15, 0.2) is 5.60 Å². The Kier molecular flexibility index (Phi) is 17.5. The molecule has 13 heteroatoms. The summed E-state index contributed by atoms with van der Waals surface area (Å²) in [4.78, 5) is 61.1. The number of carbonyl (C=O) groups is 5. The summed E-state index contributed by atoms with van der Waals surface area (Å²) in [7, 11) is 0. The second-order valence-corrected chi connectivity index (χ2v) is 12.7. The molecule has 280 valence electrons.